The standard InChI is InChI=1S/C9H5F2NO/c10-6-1-2-8(11)7(5-6)9-3-4-12-13-9/h1-5H. The van der Waals surface area contributed by atoms with Gasteiger partial charge in [-0.15, -0.1) is 0 Å². The number of rotatable bonds is 1. The number of benzene rings is 1. The van der Waals surface area contributed by atoms with Crippen LogP contribution in [0.3, 0.4) is 0 Å². The van der Waals surface area contributed by atoms with Crippen LogP contribution in [-0.2, 0) is 0 Å². The number of halogens is 2. The number of hydrogen-bond donors (Lipinski definition) is 0. The lowest BCUT2D eigenvalue weighted by Crippen LogP contribution is -1.83. The van der Waals surface area contributed by atoms with E-state index >= 15 is 0 Å². The van der Waals surface area contributed by atoms with Crippen molar-refractivity contribution in [3.8, 4) is 11.3 Å². The highest BCUT2D eigenvalue weighted by molar-refractivity contribution is 5.57. The summed E-state index contributed by atoms with van der Waals surface area (Å²) in [5, 5.41) is 3.41. The van der Waals surface area contributed by atoms with Crippen LogP contribution < -0.4 is 0 Å². The highest BCUT2D eigenvalue weighted by atomic mass is 19.1. The molecule has 0 fully saturated rings. The van der Waals surface area contributed by atoms with E-state index in [0.717, 1.165) is 18.2 Å². The molecule has 0 atom stereocenters. The quantitative estimate of drug-likeness (QED) is 0.675. The average Bonchev–Trinajstić information content (AvgIpc) is 2.61. The summed E-state index contributed by atoms with van der Waals surface area (Å²) in [6.07, 6.45) is 1.37. The van der Waals surface area contributed by atoms with Crippen molar-refractivity contribution < 1.29 is 13.3 Å². The zero-order chi connectivity index (χ0) is 9.26. The predicted molar refractivity (Wildman–Crippen MR) is 41.9 cm³/mol. The fraction of sp³-hybridized carbons (Fsp3) is 0. The van der Waals surface area contributed by atoms with E-state index in [4.69, 9.17) is 4.52 Å². The van der Waals surface area contributed by atoms with Crippen LogP contribution in [0.4, 0.5) is 8.78 Å². The highest BCUT2D eigenvalue weighted by Gasteiger charge is 2.08. The lowest BCUT2D eigenvalue weighted by molar-refractivity contribution is 0.429. The molecule has 2 nitrogen and oxygen atoms in total. The molecule has 2 rings (SSSR count). The Kier molecular flexibility index (Phi) is 1.81. The van der Waals surface area contributed by atoms with Gasteiger partial charge in [0.05, 0.1) is 11.8 Å². The minimum absolute atomic E-state index is 0.0810. The minimum atomic E-state index is -0.529. The van der Waals surface area contributed by atoms with E-state index in [1.54, 1.807) is 0 Å². The maximum absolute atomic E-state index is 13.1. The molecule has 66 valence electrons. The molecule has 0 aliphatic rings. The monoisotopic (exact) mass is 181 g/mol. The van der Waals surface area contributed by atoms with Crippen LogP contribution >= 0.6 is 0 Å². The Labute approximate surface area is 72.8 Å². The molecule has 1 aromatic carbocycles. The Balaban J connectivity index is 2.57. The normalized spacial score (nSPS) is 10.3. The first-order valence-electron chi connectivity index (χ1n) is 3.63. The zero-order valence-corrected chi connectivity index (χ0v) is 6.50. The van der Waals surface area contributed by atoms with Gasteiger partial charge in [0.15, 0.2) is 5.76 Å². The summed E-state index contributed by atoms with van der Waals surface area (Å²) < 4.78 is 30.5. The Morgan fingerprint density at radius 3 is 2.69 bits per heavy atom. The van der Waals surface area contributed by atoms with Crippen LogP contribution in [0, 0.1) is 11.6 Å². The second kappa shape index (κ2) is 2.97. The van der Waals surface area contributed by atoms with Crippen molar-refractivity contribution >= 4 is 0 Å². The predicted octanol–water partition coefficient (Wildman–Crippen LogP) is 2.62. The van der Waals surface area contributed by atoms with Crippen LogP contribution in [0.25, 0.3) is 11.3 Å². The Morgan fingerprint density at radius 2 is 2.00 bits per heavy atom. The van der Waals surface area contributed by atoms with Gasteiger partial charge in [0, 0.05) is 6.07 Å². The van der Waals surface area contributed by atoms with Gasteiger partial charge in [-0.25, -0.2) is 8.78 Å². The molecule has 0 saturated heterocycles. The summed E-state index contributed by atoms with van der Waals surface area (Å²) in [6.45, 7) is 0. The Bertz CT molecular complexity index is 412. The molecular formula is C9H5F2NO. The van der Waals surface area contributed by atoms with E-state index in [1.807, 2.05) is 0 Å². The van der Waals surface area contributed by atoms with Crippen LogP contribution in [0.1, 0.15) is 0 Å². The van der Waals surface area contributed by atoms with Crippen molar-refractivity contribution in [2.75, 3.05) is 0 Å². The minimum Gasteiger partial charge on any atom is -0.356 e. The molecule has 0 aliphatic carbocycles. The van der Waals surface area contributed by atoms with Crippen LogP contribution in [0.2, 0.25) is 0 Å². The van der Waals surface area contributed by atoms with Gasteiger partial charge in [-0.1, -0.05) is 5.16 Å². The second-order valence-corrected chi connectivity index (χ2v) is 2.50. The van der Waals surface area contributed by atoms with Crippen molar-refractivity contribution in [1.29, 1.82) is 0 Å². The van der Waals surface area contributed by atoms with Gasteiger partial charge >= 0.3 is 0 Å². The average molecular weight is 181 g/mol. The van der Waals surface area contributed by atoms with Crippen molar-refractivity contribution in [3.63, 3.8) is 0 Å². The smallest absolute Gasteiger partial charge is 0.169 e. The van der Waals surface area contributed by atoms with Crippen LogP contribution in [0.15, 0.2) is 35.0 Å². The number of hydrogen-bond acceptors (Lipinski definition) is 2. The molecule has 0 amide bonds. The van der Waals surface area contributed by atoms with E-state index in [1.165, 1.54) is 12.3 Å². The third-order valence-corrected chi connectivity index (χ3v) is 1.63. The Morgan fingerprint density at radius 1 is 1.15 bits per heavy atom. The van der Waals surface area contributed by atoms with Gasteiger partial charge in [0.1, 0.15) is 11.6 Å². The molecule has 0 aliphatic heterocycles. The van der Waals surface area contributed by atoms with Gasteiger partial charge in [0.2, 0.25) is 0 Å². The van der Waals surface area contributed by atoms with E-state index in [-0.39, 0.29) is 11.3 Å². The third-order valence-electron chi connectivity index (χ3n) is 1.63. The second-order valence-electron chi connectivity index (χ2n) is 2.50. The summed E-state index contributed by atoms with van der Waals surface area (Å²) >= 11 is 0. The molecule has 1 aromatic heterocycles. The molecule has 13 heavy (non-hydrogen) atoms. The van der Waals surface area contributed by atoms with Crippen molar-refractivity contribution in [2.24, 2.45) is 0 Å². The summed E-state index contributed by atoms with van der Waals surface area (Å²) in [5.41, 5.74) is 0.0810. The first-order chi connectivity index (χ1) is 6.27. The van der Waals surface area contributed by atoms with E-state index in [2.05, 4.69) is 5.16 Å². The largest absolute Gasteiger partial charge is 0.356 e. The molecule has 0 spiro atoms. The molecule has 0 saturated carbocycles. The zero-order valence-electron chi connectivity index (χ0n) is 6.50. The SMILES string of the molecule is Fc1ccc(F)c(-c2ccno2)c1. The van der Waals surface area contributed by atoms with Crippen molar-refractivity contribution in [1.82, 2.24) is 5.16 Å². The van der Waals surface area contributed by atoms with Crippen molar-refractivity contribution in [3.05, 3.63) is 42.1 Å². The van der Waals surface area contributed by atoms with Gasteiger partial charge in [-0.3, -0.25) is 0 Å². The van der Waals surface area contributed by atoms with Crippen molar-refractivity contribution in [2.45, 2.75) is 0 Å². The fourth-order valence-electron chi connectivity index (χ4n) is 1.04. The fourth-order valence-corrected chi connectivity index (χ4v) is 1.04. The van der Waals surface area contributed by atoms with E-state index in [9.17, 15) is 8.78 Å². The molecule has 4 heteroatoms. The van der Waals surface area contributed by atoms with Crippen LogP contribution in [-0.4, -0.2) is 5.16 Å². The van der Waals surface area contributed by atoms with Gasteiger partial charge in [0.25, 0.3) is 0 Å². The molecular weight excluding hydrogens is 176 g/mol. The summed E-state index contributed by atoms with van der Waals surface area (Å²) in [4.78, 5) is 0. The molecule has 1 heterocycles. The Hall–Kier alpha value is -1.71. The summed E-state index contributed by atoms with van der Waals surface area (Å²) in [7, 11) is 0. The molecule has 2 aromatic rings. The molecule has 0 radical (unpaired) electrons. The van der Waals surface area contributed by atoms with E-state index in [0.29, 0.717) is 0 Å². The molecule has 0 N–H and O–H groups in total. The summed E-state index contributed by atoms with van der Waals surface area (Å²) in [5.74, 6) is -0.817. The van der Waals surface area contributed by atoms with Gasteiger partial charge in [-0.2, -0.15) is 0 Å². The van der Waals surface area contributed by atoms with Gasteiger partial charge in [-0.05, 0) is 18.2 Å². The molecule has 0 bridgehead atoms. The van der Waals surface area contributed by atoms with Crippen LogP contribution in [0.5, 0.6) is 0 Å². The maximum Gasteiger partial charge on any atom is 0.169 e. The lowest BCUT2D eigenvalue weighted by Gasteiger charge is -1.97. The summed E-state index contributed by atoms with van der Waals surface area (Å²) in [6, 6.07) is 4.64. The number of nitrogens with zero attached hydrogens (tertiary/aromatic N) is 1. The first kappa shape index (κ1) is 7.91. The highest BCUT2D eigenvalue weighted by Crippen LogP contribution is 2.22. The van der Waals surface area contributed by atoms with E-state index < -0.39 is 11.6 Å². The molecule has 0 unspecified atom stereocenters. The topological polar surface area (TPSA) is 26.0 Å². The van der Waals surface area contributed by atoms with Gasteiger partial charge < -0.3 is 4.52 Å². The lowest BCUT2D eigenvalue weighted by atomic mass is 10.1. The first-order valence-corrected chi connectivity index (χ1v) is 3.63. The maximum atomic E-state index is 13.1. The number of aromatic nitrogens is 1. The third kappa shape index (κ3) is 1.42.